The summed E-state index contributed by atoms with van der Waals surface area (Å²) in [6.45, 7) is 12.3. The third-order valence-corrected chi connectivity index (χ3v) is 8.27. The highest BCUT2D eigenvalue weighted by atomic mass is 19.4. The fourth-order valence-corrected chi connectivity index (χ4v) is 5.36. The van der Waals surface area contributed by atoms with Gasteiger partial charge in [-0.2, -0.15) is 13.2 Å². The summed E-state index contributed by atoms with van der Waals surface area (Å²) in [5, 5.41) is 24.3. The molecule has 18 nitrogen and oxygen atoms in total. The zero-order chi connectivity index (χ0) is 48.7. The van der Waals surface area contributed by atoms with Gasteiger partial charge in [0, 0.05) is 31.8 Å². The molecule has 0 radical (unpaired) electrons. The summed E-state index contributed by atoms with van der Waals surface area (Å²) < 4.78 is 56.0. The van der Waals surface area contributed by atoms with Gasteiger partial charge in [0.1, 0.15) is 23.4 Å². The van der Waals surface area contributed by atoms with Crippen LogP contribution in [0, 0.1) is 11.7 Å². The van der Waals surface area contributed by atoms with Gasteiger partial charge < -0.3 is 47.1 Å². The third kappa shape index (κ3) is 28.5. The van der Waals surface area contributed by atoms with Crippen molar-refractivity contribution in [3.8, 4) is 0 Å². The number of carbonyl (C=O) groups is 8. The van der Waals surface area contributed by atoms with Crippen molar-refractivity contribution in [2.75, 3.05) is 13.1 Å². The monoisotopic (exact) mass is 907 g/mol. The molecule has 0 aliphatic heterocycles. The largest absolute Gasteiger partial charge is 0.490 e. The number of halogens is 4. The molecule has 0 unspecified atom stereocenters. The van der Waals surface area contributed by atoms with Crippen LogP contribution < -0.4 is 27.4 Å². The molecule has 63 heavy (non-hydrogen) atoms. The maximum absolute atomic E-state index is 14.1. The Morgan fingerprint density at radius 1 is 0.778 bits per heavy atom. The average Bonchev–Trinajstić information content (AvgIpc) is 3.12. The molecule has 1 aromatic rings. The maximum atomic E-state index is 14.1. The second-order valence-corrected chi connectivity index (χ2v) is 16.6. The van der Waals surface area contributed by atoms with Crippen molar-refractivity contribution in [1.29, 1.82) is 0 Å². The van der Waals surface area contributed by atoms with Gasteiger partial charge in [0.25, 0.3) is 5.91 Å². The number of carboxylic acids is 2. The molecule has 3 amide bonds. The lowest BCUT2D eigenvalue weighted by molar-refractivity contribution is -0.403. The summed E-state index contributed by atoms with van der Waals surface area (Å²) >= 11 is 0. The number of hydrogen-bond acceptors (Lipinski definition) is 11. The number of nitrogens with zero attached hydrogens (tertiary/aromatic N) is 1. The van der Waals surface area contributed by atoms with Crippen molar-refractivity contribution in [3.05, 3.63) is 35.6 Å². The number of ether oxygens (including phenoxy) is 2. The molecule has 0 aliphatic rings. The minimum atomic E-state index is -5.08. The molecule has 22 heteroatoms. The molecule has 0 saturated carbocycles. The zero-order valence-corrected chi connectivity index (χ0v) is 36.8. The van der Waals surface area contributed by atoms with Gasteiger partial charge in [-0.3, -0.25) is 33.8 Å². The molecule has 0 aromatic heterocycles. The van der Waals surface area contributed by atoms with Crippen molar-refractivity contribution in [2.45, 2.75) is 148 Å². The van der Waals surface area contributed by atoms with Gasteiger partial charge in [0.05, 0.1) is 24.3 Å². The van der Waals surface area contributed by atoms with Crippen molar-refractivity contribution >= 4 is 53.2 Å². The van der Waals surface area contributed by atoms with Crippen LogP contribution in [0.1, 0.15) is 112 Å². The van der Waals surface area contributed by atoms with Crippen LogP contribution in [-0.2, 0) is 49.5 Å². The van der Waals surface area contributed by atoms with Crippen molar-refractivity contribution in [3.63, 3.8) is 0 Å². The van der Waals surface area contributed by atoms with Crippen molar-refractivity contribution in [2.24, 2.45) is 16.6 Å². The average molecular weight is 908 g/mol. The zero-order valence-electron chi connectivity index (χ0n) is 36.8. The summed E-state index contributed by atoms with van der Waals surface area (Å²) in [5.74, 6) is -8.21. The first kappa shape index (κ1) is 57.3. The molecular formula is C41H63F4N6O12+. The molecule has 10 N–H and O–H groups in total. The molecule has 0 fully saturated rings. The molecule has 0 bridgehead atoms. The number of Topliss-reactive ketones (excluding diaryl/α,β-unsaturated/α-hetero) is 2. The van der Waals surface area contributed by atoms with Crippen molar-refractivity contribution in [1.82, 2.24) is 16.0 Å². The number of amidine groups is 1. The number of quaternary nitrogens is 1. The van der Waals surface area contributed by atoms with E-state index in [1.165, 1.54) is 24.3 Å². The summed E-state index contributed by atoms with van der Waals surface area (Å²) in [6, 6.07) is 1.89. The standard InChI is InChI=1S/C39H61FN6O10.C2HF3O2/c1-24(41)43-20-10-12-29(31(47)17-18-33(49)50)45-35(52)26(11-8-9-19-44-37(54)56-39(5,6)7)22-32(48)30(21-25-13-15-27(40)16-14-25)46-36(53)28(42)23-34(51)55-38(2,3)4;3-2(4,5)1(6)7/h13-16,26,28-30H,8-12,17-23,42H2,1-7H3,(H2,41,43)(H,44,54)(H,45,52)(H,46,53)(H,49,50);(H,6,7)/p+1/t26-,28+,29+,30-;/m1./s1. The van der Waals surface area contributed by atoms with E-state index in [2.05, 4.69) is 26.7 Å². The lowest BCUT2D eigenvalue weighted by atomic mass is 9.89. The lowest BCUT2D eigenvalue weighted by Crippen LogP contribution is -2.69. The molecule has 1 aromatic carbocycles. The van der Waals surface area contributed by atoms with E-state index in [1.54, 1.807) is 48.5 Å². The van der Waals surface area contributed by atoms with Gasteiger partial charge in [0.15, 0.2) is 17.6 Å². The number of esters is 1. The Hall–Kier alpha value is -5.67. The Morgan fingerprint density at radius 3 is 1.84 bits per heavy atom. The number of ketones is 2. The van der Waals surface area contributed by atoms with Gasteiger partial charge in [-0.25, -0.2) is 14.0 Å². The van der Waals surface area contributed by atoms with Gasteiger partial charge in [-0.15, -0.1) is 0 Å². The van der Waals surface area contributed by atoms with Crippen LogP contribution in [0.25, 0.3) is 0 Å². The first-order valence-corrected chi connectivity index (χ1v) is 20.1. The minimum Gasteiger partial charge on any atom is -0.481 e. The number of alkyl halides is 3. The van der Waals surface area contributed by atoms with E-state index >= 15 is 0 Å². The number of benzene rings is 1. The number of carboxylic acid groups (broad SMARTS) is 2. The Labute approximate surface area is 363 Å². The Bertz CT molecular complexity index is 1720. The molecule has 0 aliphatic carbocycles. The summed E-state index contributed by atoms with van der Waals surface area (Å²) in [7, 11) is 0. The fraction of sp³-hybridized carbons (Fsp3) is 0.634. The first-order chi connectivity index (χ1) is 28.9. The molecular weight excluding hydrogens is 844 g/mol. The normalized spacial score (nSPS) is 13.7. The molecule has 4 atom stereocenters. The van der Waals surface area contributed by atoms with Crippen LogP contribution in [0.2, 0.25) is 0 Å². The highest BCUT2D eigenvalue weighted by molar-refractivity contribution is 5.96. The third-order valence-electron chi connectivity index (χ3n) is 8.27. The Balaban J connectivity index is 0.00000503. The van der Waals surface area contributed by atoms with Gasteiger partial charge in [0.2, 0.25) is 5.91 Å². The molecule has 1 rings (SSSR count). The van der Waals surface area contributed by atoms with Gasteiger partial charge in [-0.1, -0.05) is 18.6 Å². The maximum Gasteiger partial charge on any atom is 0.490 e. The predicted octanol–water partition coefficient (Wildman–Crippen LogP) is 3.18. The molecule has 0 spiro atoms. The van der Waals surface area contributed by atoms with E-state index in [-0.39, 0.29) is 45.2 Å². The first-order valence-electron chi connectivity index (χ1n) is 20.1. The SMILES string of the molecule is CC(N)=NCCC[C@H](NC(=O)[C@H](CCCCNC(=O)OC(C)(C)C)CC(=O)[C@@H](Cc1ccc(F)cc1)NC(=O)[C@@H]([NH3+])CC(=O)OC(C)(C)C)C(=O)CCC(=O)O.O=C(O)C(F)(F)F. The van der Waals surface area contributed by atoms with Crippen LogP contribution in [0.15, 0.2) is 29.3 Å². The van der Waals surface area contributed by atoms with E-state index in [0.29, 0.717) is 30.7 Å². The Kier molecular flexibility index (Phi) is 24.9. The predicted molar refractivity (Wildman–Crippen MR) is 219 cm³/mol. The van der Waals surface area contributed by atoms with Gasteiger partial charge >= 0.3 is 30.2 Å². The number of unbranched alkanes of at least 4 members (excludes halogenated alkanes) is 1. The van der Waals surface area contributed by atoms with E-state index < -0.39 is 107 Å². The lowest BCUT2D eigenvalue weighted by Gasteiger charge is -2.25. The fourth-order valence-electron chi connectivity index (χ4n) is 5.36. The topological polar surface area (TPSA) is 298 Å². The number of alkyl carbamates (subject to hydrolysis) is 1. The second kappa shape index (κ2) is 27.4. The smallest absolute Gasteiger partial charge is 0.481 e. The molecule has 0 saturated heterocycles. The van der Waals surface area contributed by atoms with Crippen molar-refractivity contribution < 1.29 is 81.3 Å². The molecule has 356 valence electrons. The number of hydrogen-bond donors (Lipinski definition) is 7. The summed E-state index contributed by atoms with van der Waals surface area (Å²) in [4.78, 5) is 103. The van der Waals surface area contributed by atoms with E-state index in [1.807, 2.05) is 0 Å². The number of aliphatic carboxylic acids is 2. The molecule has 0 heterocycles. The highest BCUT2D eigenvalue weighted by Gasteiger charge is 2.38. The summed E-state index contributed by atoms with van der Waals surface area (Å²) in [5.41, 5.74) is 8.39. The number of amides is 3. The van der Waals surface area contributed by atoms with E-state index in [0.717, 1.165) is 0 Å². The van der Waals surface area contributed by atoms with E-state index in [4.69, 9.17) is 30.2 Å². The Morgan fingerprint density at radius 2 is 1.33 bits per heavy atom. The number of nitrogens with one attached hydrogen (secondary N) is 3. The van der Waals surface area contributed by atoms with E-state index in [9.17, 15) is 51.1 Å². The van der Waals surface area contributed by atoms with Crippen LogP contribution in [0.4, 0.5) is 22.4 Å². The number of carbonyl (C=O) groups excluding carboxylic acids is 6. The number of rotatable bonds is 24. The quantitative estimate of drug-likeness (QED) is 0.0258. The van der Waals surface area contributed by atoms with Crippen LogP contribution in [-0.4, -0.2) is 112 Å². The van der Waals surface area contributed by atoms with Gasteiger partial charge in [-0.05, 0) is 98.3 Å². The van der Waals surface area contributed by atoms with Crippen LogP contribution in [0.3, 0.4) is 0 Å². The minimum absolute atomic E-state index is 0.0739. The number of nitrogens with two attached hydrogens (primary N) is 1. The van der Waals surface area contributed by atoms with Crippen LogP contribution >= 0.6 is 0 Å². The highest BCUT2D eigenvalue weighted by Crippen LogP contribution is 2.19. The summed E-state index contributed by atoms with van der Waals surface area (Å²) in [6.07, 6.45) is -5.93. The second-order valence-electron chi connectivity index (χ2n) is 16.6. The number of aliphatic imine (C=N–C) groups is 1. The van der Waals surface area contributed by atoms with Crippen LogP contribution in [0.5, 0.6) is 0 Å².